The number of hydrogen-bond donors (Lipinski definition) is 2. The van der Waals surface area contributed by atoms with Gasteiger partial charge in [-0.2, -0.15) is 0 Å². The Morgan fingerprint density at radius 2 is 2.08 bits per heavy atom. The Morgan fingerprint density at radius 3 is 2.81 bits per heavy atom. The van der Waals surface area contributed by atoms with E-state index in [9.17, 15) is 9.59 Å². The minimum atomic E-state index is -0.301. The summed E-state index contributed by atoms with van der Waals surface area (Å²) in [5.41, 5.74) is 2.29. The van der Waals surface area contributed by atoms with E-state index in [1.807, 2.05) is 38.1 Å². The van der Waals surface area contributed by atoms with E-state index in [1.165, 1.54) is 11.8 Å². The maximum Gasteiger partial charge on any atom is 0.311 e. The van der Waals surface area contributed by atoms with Gasteiger partial charge >= 0.3 is 5.97 Å². The summed E-state index contributed by atoms with van der Waals surface area (Å²) in [6.07, 6.45) is 2.82. The molecule has 140 valence electrons. The first-order valence-electron chi connectivity index (χ1n) is 8.74. The lowest BCUT2D eigenvalue weighted by molar-refractivity contribution is -0.142. The third-order valence-electron chi connectivity index (χ3n) is 3.74. The van der Waals surface area contributed by atoms with Crippen LogP contribution in [0.25, 0.3) is 0 Å². The third kappa shape index (κ3) is 6.22. The first-order valence-corrected chi connectivity index (χ1v) is 9.73. The fourth-order valence-corrected chi connectivity index (χ4v) is 3.03. The molecule has 1 aliphatic heterocycles. The highest BCUT2D eigenvalue weighted by Crippen LogP contribution is 2.30. The predicted octanol–water partition coefficient (Wildman–Crippen LogP) is 3.63. The van der Waals surface area contributed by atoms with Gasteiger partial charge in [0.1, 0.15) is 0 Å². The highest BCUT2D eigenvalue weighted by molar-refractivity contribution is 8.14. The molecule has 2 N–H and O–H groups in total. The predicted molar refractivity (Wildman–Crippen MR) is 107 cm³/mol. The molecule has 1 heterocycles. The number of thioether (sulfide) groups is 1. The third-order valence-corrected chi connectivity index (χ3v) is 4.65. The second-order valence-electron chi connectivity index (χ2n) is 5.91. The lowest BCUT2D eigenvalue weighted by atomic mass is 10.2. The van der Waals surface area contributed by atoms with Crippen LogP contribution < -0.4 is 10.6 Å². The molecule has 1 aliphatic rings. The van der Waals surface area contributed by atoms with Gasteiger partial charge < -0.3 is 15.4 Å². The van der Waals surface area contributed by atoms with Gasteiger partial charge in [0, 0.05) is 11.7 Å². The van der Waals surface area contributed by atoms with Crippen molar-refractivity contribution in [1.29, 1.82) is 0 Å². The summed E-state index contributed by atoms with van der Waals surface area (Å²) in [6, 6.07) is 7.75. The standard InChI is InChI=1S/C19H25N3O3S/c1-4-13(3)20-17(23)12-26-18-10-14(11-19(24)25-5-2)21-15-8-6-7-9-16(15)22-18/h6-10,13,21H,4-5,11-12H2,1-3H3,(H,20,23)/t13-/m0/s1. The molecule has 0 aliphatic carbocycles. The molecule has 0 unspecified atom stereocenters. The number of carbonyl (C=O) groups excluding carboxylic acids is 2. The number of rotatable bonds is 7. The fraction of sp³-hybridized carbons (Fsp3) is 0.421. The Kier molecular flexibility index (Phi) is 7.72. The number of nitrogens with zero attached hydrogens (tertiary/aromatic N) is 1. The van der Waals surface area contributed by atoms with Crippen LogP contribution in [-0.2, 0) is 14.3 Å². The van der Waals surface area contributed by atoms with Crippen LogP contribution >= 0.6 is 11.8 Å². The van der Waals surface area contributed by atoms with Crippen molar-refractivity contribution >= 4 is 40.1 Å². The second kappa shape index (κ2) is 10.0. The van der Waals surface area contributed by atoms with Gasteiger partial charge in [0.25, 0.3) is 0 Å². The monoisotopic (exact) mass is 375 g/mol. The van der Waals surface area contributed by atoms with Gasteiger partial charge in [-0.05, 0) is 38.5 Å². The lowest BCUT2D eigenvalue weighted by Crippen LogP contribution is -2.33. The molecule has 0 saturated heterocycles. The Morgan fingerprint density at radius 1 is 1.31 bits per heavy atom. The average Bonchev–Trinajstić information content (AvgIpc) is 2.78. The highest BCUT2D eigenvalue weighted by atomic mass is 32.2. The molecule has 1 aromatic rings. The largest absolute Gasteiger partial charge is 0.466 e. The van der Waals surface area contributed by atoms with E-state index in [-0.39, 0.29) is 30.1 Å². The van der Waals surface area contributed by atoms with Gasteiger partial charge in [-0.1, -0.05) is 30.8 Å². The minimum Gasteiger partial charge on any atom is -0.466 e. The van der Waals surface area contributed by atoms with Crippen LogP contribution in [0.15, 0.2) is 41.0 Å². The van der Waals surface area contributed by atoms with Crippen molar-refractivity contribution in [2.24, 2.45) is 4.99 Å². The maximum absolute atomic E-state index is 12.0. The van der Waals surface area contributed by atoms with Crippen molar-refractivity contribution in [3.63, 3.8) is 0 Å². The summed E-state index contributed by atoms with van der Waals surface area (Å²) in [7, 11) is 0. The van der Waals surface area contributed by atoms with E-state index in [0.717, 1.165) is 17.8 Å². The van der Waals surface area contributed by atoms with E-state index in [2.05, 4.69) is 15.6 Å². The van der Waals surface area contributed by atoms with Crippen molar-refractivity contribution in [3.05, 3.63) is 36.0 Å². The topological polar surface area (TPSA) is 79.8 Å². The van der Waals surface area contributed by atoms with Crippen LogP contribution in [0.1, 0.15) is 33.6 Å². The van der Waals surface area contributed by atoms with Crippen molar-refractivity contribution < 1.29 is 14.3 Å². The number of para-hydroxylation sites is 2. The number of hydrogen-bond acceptors (Lipinski definition) is 6. The molecule has 0 aromatic heterocycles. The number of fused-ring (bicyclic) bond motifs is 1. The number of nitrogens with one attached hydrogen (secondary N) is 2. The quantitative estimate of drug-likeness (QED) is 0.712. The van der Waals surface area contributed by atoms with Gasteiger partial charge in [-0.25, -0.2) is 4.99 Å². The minimum absolute atomic E-state index is 0.0297. The van der Waals surface area contributed by atoms with Crippen molar-refractivity contribution in [2.45, 2.75) is 39.7 Å². The van der Waals surface area contributed by atoms with E-state index in [1.54, 1.807) is 13.0 Å². The van der Waals surface area contributed by atoms with Gasteiger partial charge in [0.15, 0.2) is 0 Å². The Hall–Kier alpha value is -2.28. The molecule has 0 spiro atoms. The summed E-state index contributed by atoms with van der Waals surface area (Å²) in [5, 5.41) is 6.86. The van der Waals surface area contributed by atoms with Crippen molar-refractivity contribution in [1.82, 2.24) is 5.32 Å². The van der Waals surface area contributed by atoms with E-state index >= 15 is 0 Å². The normalized spacial score (nSPS) is 14.1. The van der Waals surface area contributed by atoms with E-state index < -0.39 is 0 Å². The van der Waals surface area contributed by atoms with Crippen LogP contribution in [0.2, 0.25) is 0 Å². The molecule has 0 saturated carbocycles. The number of anilines is 1. The molecular weight excluding hydrogens is 350 g/mol. The Balaban J connectivity index is 2.13. The smallest absolute Gasteiger partial charge is 0.311 e. The first kappa shape index (κ1) is 20.0. The van der Waals surface area contributed by atoms with Gasteiger partial charge in [0.2, 0.25) is 5.91 Å². The second-order valence-corrected chi connectivity index (χ2v) is 6.90. The van der Waals surface area contributed by atoms with Crippen LogP contribution in [0, 0.1) is 0 Å². The van der Waals surface area contributed by atoms with Gasteiger partial charge in [-0.15, -0.1) is 0 Å². The highest BCUT2D eigenvalue weighted by Gasteiger charge is 2.15. The molecular formula is C19H25N3O3S. The average molecular weight is 375 g/mol. The molecule has 1 aromatic carbocycles. The van der Waals surface area contributed by atoms with Crippen LogP contribution in [0.5, 0.6) is 0 Å². The summed E-state index contributed by atoms with van der Waals surface area (Å²) in [5.74, 6) is -0.0588. The Bertz CT molecular complexity index is 716. The number of ether oxygens (including phenoxy) is 1. The number of amides is 1. The SMILES string of the molecule is CCOC(=O)CC1=CC(SCC(=O)N[C@@H](C)CC)=Nc2ccccc2N1. The fourth-order valence-electron chi connectivity index (χ4n) is 2.28. The van der Waals surface area contributed by atoms with E-state index in [0.29, 0.717) is 17.3 Å². The molecule has 1 amide bonds. The molecule has 0 bridgehead atoms. The maximum atomic E-state index is 12.0. The van der Waals surface area contributed by atoms with Crippen LogP contribution in [0.3, 0.4) is 0 Å². The zero-order chi connectivity index (χ0) is 18.9. The zero-order valence-electron chi connectivity index (χ0n) is 15.4. The van der Waals surface area contributed by atoms with Crippen LogP contribution in [0.4, 0.5) is 11.4 Å². The molecule has 6 nitrogen and oxygen atoms in total. The van der Waals surface area contributed by atoms with Gasteiger partial charge in [-0.3, -0.25) is 9.59 Å². The summed E-state index contributed by atoms with van der Waals surface area (Å²) >= 11 is 1.35. The zero-order valence-corrected chi connectivity index (χ0v) is 16.2. The van der Waals surface area contributed by atoms with Gasteiger partial charge in [0.05, 0.1) is 35.2 Å². The molecule has 26 heavy (non-hydrogen) atoms. The number of carbonyl (C=O) groups is 2. The number of esters is 1. The van der Waals surface area contributed by atoms with E-state index in [4.69, 9.17) is 4.74 Å². The number of aliphatic imine (C=N–C) groups is 1. The summed E-state index contributed by atoms with van der Waals surface area (Å²) in [6.45, 7) is 6.12. The van der Waals surface area contributed by atoms with Crippen molar-refractivity contribution in [3.8, 4) is 0 Å². The summed E-state index contributed by atoms with van der Waals surface area (Å²) < 4.78 is 5.03. The summed E-state index contributed by atoms with van der Waals surface area (Å²) in [4.78, 5) is 28.5. The first-order chi connectivity index (χ1) is 12.5. The molecule has 7 heteroatoms. The molecule has 2 rings (SSSR count). The van der Waals surface area contributed by atoms with Crippen LogP contribution in [-0.4, -0.2) is 35.3 Å². The van der Waals surface area contributed by atoms with Crippen molar-refractivity contribution in [2.75, 3.05) is 17.7 Å². The Labute approximate surface area is 158 Å². The molecule has 0 fully saturated rings. The lowest BCUT2D eigenvalue weighted by Gasteiger charge is -2.11. The number of benzene rings is 1. The molecule has 1 atom stereocenters. The molecule has 0 radical (unpaired) electrons.